The maximum Gasteiger partial charge on any atom is 0.406 e. The maximum absolute atomic E-state index is 12.3. The van der Waals surface area contributed by atoms with Crippen molar-refractivity contribution in [3.63, 3.8) is 0 Å². The van der Waals surface area contributed by atoms with Gasteiger partial charge in [-0.3, -0.25) is 9.69 Å². The van der Waals surface area contributed by atoms with E-state index in [4.69, 9.17) is 0 Å². The number of carbonyl (C=O) groups is 2. The second kappa shape index (κ2) is 4.56. The fourth-order valence-electron chi connectivity index (χ4n) is 2.03. The van der Waals surface area contributed by atoms with Crippen LogP contribution in [0.4, 0.5) is 18.0 Å². The van der Waals surface area contributed by atoms with Gasteiger partial charge in [-0.15, -0.1) is 0 Å². The van der Waals surface area contributed by atoms with Crippen molar-refractivity contribution in [1.82, 2.24) is 9.80 Å². The minimum atomic E-state index is -4.60. The number of carbonyl (C=O) groups excluding carboxylic acids is 2. The van der Waals surface area contributed by atoms with Gasteiger partial charge in [0.25, 0.3) is 5.91 Å². The molecule has 0 N–H and O–H groups in total. The maximum atomic E-state index is 12.3. The summed E-state index contributed by atoms with van der Waals surface area (Å²) >= 11 is 0. The van der Waals surface area contributed by atoms with Crippen LogP contribution in [-0.4, -0.2) is 41.5 Å². The molecule has 1 aromatic carbocycles. The van der Waals surface area contributed by atoms with Crippen molar-refractivity contribution in [3.05, 3.63) is 35.9 Å². The van der Waals surface area contributed by atoms with Crippen molar-refractivity contribution in [2.75, 3.05) is 13.6 Å². The summed E-state index contributed by atoms with van der Waals surface area (Å²) in [6.45, 7) is -1.56. The van der Waals surface area contributed by atoms with Gasteiger partial charge in [-0.05, 0) is 5.56 Å². The lowest BCUT2D eigenvalue weighted by atomic mass is 10.1. The summed E-state index contributed by atoms with van der Waals surface area (Å²) in [7, 11) is 1.31. The van der Waals surface area contributed by atoms with Gasteiger partial charge in [-0.2, -0.15) is 13.2 Å². The number of imide groups is 1. The molecule has 0 aromatic heterocycles. The molecular formula is C12H11F3N2O2. The van der Waals surface area contributed by atoms with Gasteiger partial charge in [0.1, 0.15) is 12.6 Å². The second-order valence-corrected chi connectivity index (χ2v) is 4.25. The zero-order chi connectivity index (χ0) is 14.2. The third kappa shape index (κ3) is 2.54. The molecule has 1 aliphatic rings. The number of benzene rings is 1. The first-order valence-electron chi connectivity index (χ1n) is 5.51. The summed E-state index contributed by atoms with van der Waals surface area (Å²) in [6.07, 6.45) is -4.60. The molecule has 102 valence electrons. The van der Waals surface area contributed by atoms with Crippen LogP contribution in [0.25, 0.3) is 0 Å². The Kier molecular flexibility index (Phi) is 3.21. The molecule has 0 bridgehead atoms. The summed E-state index contributed by atoms with van der Waals surface area (Å²) in [5.74, 6) is -0.851. The largest absolute Gasteiger partial charge is 0.406 e. The Labute approximate surface area is 107 Å². The molecule has 1 unspecified atom stereocenters. The van der Waals surface area contributed by atoms with E-state index in [1.807, 2.05) is 0 Å². The number of rotatable bonds is 2. The van der Waals surface area contributed by atoms with Crippen molar-refractivity contribution in [2.45, 2.75) is 12.2 Å². The minimum absolute atomic E-state index is 0.234. The van der Waals surface area contributed by atoms with Gasteiger partial charge in [0.05, 0.1) is 0 Å². The Bertz CT molecular complexity index is 501. The van der Waals surface area contributed by atoms with E-state index in [0.717, 1.165) is 4.90 Å². The van der Waals surface area contributed by atoms with Crippen LogP contribution in [0.1, 0.15) is 11.6 Å². The quantitative estimate of drug-likeness (QED) is 0.774. The van der Waals surface area contributed by atoms with E-state index in [-0.39, 0.29) is 4.90 Å². The second-order valence-electron chi connectivity index (χ2n) is 4.25. The molecule has 1 aliphatic heterocycles. The van der Waals surface area contributed by atoms with Gasteiger partial charge in [0, 0.05) is 7.05 Å². The van der Waals surface area contributed by atoms with Crippen molar-refractivity contribution in [2.24, 2.45) is 0 Å². The van der Waals surface area contributed by atoms with Crippen LogP contribution in [0.2, 0.25) is 0 Å². The zero-order valence-corrected chi connectivity index (χ0v) is 10.0. The minimum Gasteiger partial charge on any atom is -0.311 e. The Balaban J connectivity index is 2.29. The van der Waals surface area contributed by atoms with E-state index in [2.05, 4.69) is 0 Å². The number of urea groups is 1. The average molecular weight is 272 g/mol. The number of likely N-dealkylation sites (N-methyl/N-ethyl adjacent to an activating group) is 1. The Morgan fingerprint density at radius 3 is 2.26 bits per heavy atom. The number of halogens is 3. The number of hydrogen-bond acceptors (Lipinski definition) is 2. The number of nitrogens with zero attached hydrogens (tertiary/aromatic N) is 2. The first kappa shape index (κ1) is 13.4. The summed E-state index contributed by atoms with van der Waals surface area (Å²) in [5.41, 5.74) is 0.494. The SMILES string of the molecule is CN1C(=O)N(CC(F)(F)F)C(=O)C1c1ccccc1. The van der Waals surface area contributed by atoms with Crippen LogP contribution >= 0.6 is 0 Å². The third-order valence-corrected chi connectivity index (χ3v) is 2.87. The summed E-state index contributed by atoms with van der Waals surface area (Å²) in [4.78, 5) is 24.9. The van der Waals surface area contributed by atoms with E-state index in [1.165, 1.54) is 7.05 Å². The normalized spacial score (nSPS) is 20.3. The topological polar surface area (TPSA) is 40.6 Å². The van der Waals surface area contributed by atoms with Gasteiger partial charge >= 0.3 is 12.2 Å². The van der Waals surface area contributed by atoms with Crippen LogP contribution in [0.5, 0.6) is 0 Å². The molecule has 1 fully saturated rings. The molecule has 2 rings (SSSR count). The Hall–Kier alpha value is -2.05. The zero-order valence-electron chi connectivity index (χ0n) is 10.0. The van der Waals surface area contributed by atoms with E-state index in [9.17, 15) is 22.8 Å². The standard InChI is InChI=1S/C12H11F3N2O2/c1-16-9(8-5-3-2-4-6-8)10(18)17(11(16)19)7-12(13,14)15/h2-6,9H,7H2,1H3. The van der Waals surface area contributed by atoms with Crippen molar-refractivity contribution >= 4 is 11.9 Å². The van der Waals surface area contributed by atoms with Gasteiger partial charge < -0.3 is 4.90 Å². The first-order chi connectivity index (χ1) is 8.81. The number of alkyl halides is 3. The predicted molar refractivity (Wildman–Crippen MR) is 60.1 cm³/mol. The summed E-state index contributed by atoms with van der Waals surface area (Å²) in [5, 5.41) is 0. The van der Waals surface area contributed by atoms with Crippen molar-refractivity contribution in [3.8, 4) is 0 Å². The van der Waals surface area contributed by atoms with E-state index >= 15 is 0 Å². The Morgan fingerprint density at radius 2 is 1.74 bits per heavy atom. The third-order valence-electron chi connectivity index (χ3n) is 2.87. The number of hydrogen-bond donors (Lipinski definition) is 0. The lowest BCUT2D eigenvalue weighted by Gasteiger charge is -2.16. The van der Waals surface area contributed by atoms with Crippen LogP contribution < -0.4 is 0 Å². The summed E-state index contributed by atoms with van der Waals surface area (Å²) in [6, 6.07) is 6.32. The van der Waals surface area contributed by atoms with Crippen LogP contribution in [0.3, 0.4) is 0 Å². The molecule has 0 spiro atoms. The van der Waals surface area contributed by atoms with E-state index in [0.29, 0.717) is 5.56 Å². The molecule has 0 radical (unpaired) electrons. The van der Waals surface area contributed by atoms with Gasteiger partial charge in [0.2, 0.25) is 0 Å². The van der Waals surface area contributed by atoms with E-state index < -0.39 is 30.7 Å². The molecule has 0 saturated carbocycles. The van der Waals surface area contributed by atoms with Crippen molar-refractivity contribution in [1.29, 1.82) is 0 Å². The fraction of sp³-hybridized carbons (Fsp3) is 0.333. The molecule has 19 heavy (non-hydrogen) atoms. The lowest BCUT2D eigenvalue weighted by Crippen LogP contribution is -2.39. The predicted octanol–water partition coefficient (Wildman–Crippen LogP) is 2.18. The van der Waals surface area contributed by atoms with Gasteiger partial charge in [0.15, 0.2) is 0 Å². The highest BCUT2D eigenvalue weighted by molar-refractivity contribution is 6.04. The van der Waals surface area contributed by atoms with Gasteiger partial charge in [-0.25, -0.2) is 4.79 Å². The molecule has 0 aliphatic carbocycles. The highest BCUT2D eigenvalue weighted by Crippen LogP contribution is 2.31. The van der Waals surface area contributed by atoms with E-state index in [1.54, 1.807) is 30.3 Å². The number of amides is 3. The fourth-order valence-corrected chi connectivity index (χ4v) is 2.03. The highest BCUT2D eigenvalue weighted by atomic mass is 19.4. The Morgan fingerprint density at radius 1 is 1.16 bits per heavy atom. The monoisotopic (exact) mass is 272 g/mol. The molecular weight excluding hydrogens is 261 g/mol. The first-order valence-corrected chi connectivity index (χ1v) is 5.51. The molecule has 4 nitrogen and oxygen atoms in total. The molecule has 1 heterocycles. The van der Waals surface area contributed by atoms with Crippen molar-refractivity contribution < 1.29 is 22.8 Å². The highest BCUT2D eigenvalue weighted by Gasteiger charge is 2.48. The van der Waals surface area contributed by atoms with Crippen LogP contribution in [-0.2, 0) is 4.79 Å². The molecule has 3 amide bonds. The smallest absolute Gasteiger partial charge is 0.311 e. The van der Waals surface area contributed by atoms with Crippen LogP contribution in [0.15, 0.2) is 30.3 Å². The molecule has 1 atom stereocenters. The molecule has 1 aromatic rings. The van der Waals surface area contributed by atoms with Gasteiger partial charge in [-0.1, -0.05) is 30.3 Å². The lowest BCUT2D eigenvalue weighted by molar-refractivity contribution is -0.153. The van der Waals surface area contributed by atoms with Crippen LogP contribution in [0, 0.1) is 0 Å². The summed E-state index contributed by atoms with van der Waals surface area (Å²) < 4.78 is 37.0. The molecule has 7 heteroatoms. The average Bonchev–Trinajstić information content (AvgIpc) is 2.53. The molecule has 1 saturated heterocycles.